The van der Waals surface area contributed by atoms with E-state index >= 15 is 0 Å². The number of allylic oxidation sites excluding steroid dienone is 1. The molecule has 218 valence electrons. The average Bonchev–Trinajstić information content (AvgIpc) is 3.86. The van der Waals surface area contributed by atoms with Crippen molar-refractivity contribution in [3.05, 3.63) is 117 Å². The van der Waals surface area contributed by atoms with Gasteiger partial charge in [-0.15, -0.1) is 35.3 Å². The molecule has 5 heterocycles. The molecule has 1 aromatic carbocycles. The highest BCUT2D eigenvalue weighted by Crippen LogP contribution is 2.64. The summed E-state index contributed by atoms with van der Waals surface area (Å²) in [7, 11) is 0. The van der Waals surface area contributed by atoms with Crippen LogP contribution in [0.15, 0.2) is 106 Å². The summed E-state index contributed by atoms with van der Waals surface area (Å²) in [6.07, 6.45) is 15.3. The average molecular weight is 689 g/mol. The molecule has 0 amide bonds. The van der Waals surface area contributed by atoms with E-state index in [1.54, 1.807) is 18.6 Å². The summed E-state index contributed by atoms with van der Waals surface area (Å²) in [5, 5.41) is 13.6. The van der Waals surface area contributed by atoms with E-state index in [2.05, 4.69) is 59.0 Å². The Hall–Kier alpha value is -1.52. The second-order valence-corrected chi connectivity index (χ2v) is 17.2. The molecule has 42 heavy (non-hydrogen) atoms. The third-order valence-corrected chi connectivity index (χ3v) is 16.3. The Morgan fingerprint density at radius 3 is 1.71 bits per heavy atom. The largest absolute Gasteiger partial charge is 0.370 e. The number of nitrogens with zero attached hydrogens (tertiary/aromatic N) is 6. The molecule has 0 saturated heterocycles. The van der Waals surface area contributed by atoms with Gasteiger partial charge in [0, 0.05) is 47.8 Å². The molecule has 6 rings (SSSR count). The summed E-state index contributed by atoms with van der Waals surface area (Å²) in [6.45, 7) is 3.00. The number of benzene rings is 1. The molecule has 0 N–H and O–H groups in total. The fraction of sp³-hybridized carbons (Fsp3) is 0.250. The summed E-state index contributed by atoms with van der Waals surface area (Å²) in [5.41, 5.74) is 2.42. The van der Waals surface area contributed by atoms with Gasteiger partial charge < -0.3 is 4.74 Å². The van der Waals surface area contributed by atoms with E-state index < -0.39 is 5.79 Å². The maximum atomic E-state index is 6.33. The third-order valence-electron chi connectivity index (χ3n) is 6.36. The van der Waals surface area contributed by atoms with Crippen LogP contribution in [0.3, 0.4) is 0 Å². The van der Waals surface area contributed by atoms with Crippen LogP contribution in [0, 0.1) is 0 Å². The lowest BCUT2D eigenvalue weighted by molar-refractivity contribution is -0.0174. The first-order valence-corrected chi connectivity index (χ1v) is 19.6. The second-order valence-electron chi connectivity index (χ2n) is 9.03. The summed E-state index contributed by atoms with van der Waals surface area (Å²) in [6, 6.07) is 14.4. The van der Waals surface area contributed by atoms with Gasteiger partial charge in [0.15, 0.2) is 0 Å². The van der Waals surface area contributed by atoms with Crippen LogP contribution >= 0.6 is 82.3 Å². The van der Waals surface area contributed by atoms with E-state index in [-0.39, 0.29) is 0 Å². The predicted octanol–water partition coefficient (Wildman–Crippen LogP) is 8.56. The van der Waals surface area contributed by atoms with E-state index in [0.29, 0.717) is 13.2 Å². The van der Waals surface area contributed by atoms with Crippen LogP contribution < -0.4 is 0 Å². The summed E-state index contributed by atoms with van der Waals surface area (Å²) in [4.78, 5) is 1.40. The molecular formula is C28H28N6OS7. The molecule has 0 unspecified atom stereocenters. The smallest absolute Gasteiger partial charge is 0.273 e. The standard InChI is InChI=1S/C28H28N6OS7/c1-20-23(40-26(39-20)27-41-24(36-2)25(37-3)42-27)38-18-22-9-7-21(8-10-22)17-35-19-28(32-14-4-11-29-32,33-15-5-12-30-33)34-16-6-13-31-34/h4-16H,17-19H2,1-3H3. The molecule has 7 nitrogen and oxygen atoms in total. The maximum Gasteiger partial charge on any atom is 0.273 e. The third kappa shape index (κ3) is 6.46. The molecule has 0 fully saturated rings. The van der Waals surface area contributed by atoms with Crippen molar-refractivity contribution in [2.24, 2.45) is 0 Å². The van der Waals surface area contributed by atoms with Gasteiger partial charge >= 0.3 is 0 Å². The maximum absolute atomic E-state index is 6.33. The Morgan fingerprint density at radius 1 is 0.714 bits per heavy atom. The molecule has 0 aliphatic carbocycles. The lowest BCUT2D eigenvalue weighted by Crippen LogP contribution is -2.52. The minimum absolute atomic E-state index is 0.290. The minimum atomic E-state index is -0.900. The van der Waals surface area contributed by atoms with E-state index in [1.165, 1.54) is 31.7 Å². The van der Waals surface area contributed by atoms with Gasteiger partial charge in [0.25, 0.3) is 5.79 Å². The number of aromatic nitrogens is 6. The van der Waals surface area contributed by atoms with Crippen LogP contribution in [0.25, 0.3) is 0 Å². The van der Waals surface area contributed by atoms with Gasteiger partial charge in [0.05, 0.1) is 27.8 Å². The topological polar surface area (TPSA) is 62.7 Å². The van der Waals surface area contributed by atoms with Crippen LogP contribution in [-0.4, -0.2) is 48.5 Å². The number of ether oxygens (including phenoxy) is 1. The van der Waals surface area contributed by atoms with Gasteiger partial charge in [0.1, 0.15) is 6.61 Å². The zero-order chi connectivity index (χ0) is 28.9. The molecule has 0 radical (unpaired) electrons. The van der Waals surface area contributed by atoms with Crippen molar-refractivity contribution in [3.8, 4) is 0 Å². The summed E-state index contributed by atoms with van der Waals surface area (Å²) < 4.78 is 18.9. The van der Waals surface area contributed by atoms with Gasteiger partial charge in [-0.05, 0) is 48.8 Å². The zero-order valence-electron chi connectivity index (χ0n) is 23.1. The quantitative estimate of drug-likeness (QED) is 0.144. The molecule has 0 spiro atoms. The van der Waals surface area contributed by atoms with E-state index in [0.717, 1.165) is 11.3 Å². The SMILES string of the molecule is CSC1=C(SC)SC(=C2SC(C)=C(SCc3ccc(COCC(n4cccn4)(n4cccn4)n4cccn4)cc3)S2)S1. The first kappa shape index (κ1) is 30.5. The van der Waals surface area contributed by atoms with Crippen LogP contribution in [-0.2, 0) is 22.9 Å². The summed E-state index contributed by atoms with van der Waals surface area (Å²) >= 11 is 13.3. The number of hydrogen-bond acceptors (Lipinski definition) is 11. The predicted molar refractivity (Wildman–Crippen MR) is 187 cm³/mol. The monoisotopic (exact) mass is 688 g/mol. The van der Waals surface area contributed by atoms with E-state index in [9.17, 15) is 0 Å². The second kappa shape index (κ2) is 14.1. The molecular weight excluding hydrogens is 661 g/mol. The Bertz CT molecular complexity index is 1480. The van der Waals surface area contributed by atoms with Crippen molar-refractivity contribution in [2.45, 2.75) is 25.1 Å². The van der Waals surface area contributed by atoms with Crippen molar-refractivity contribution in [1.82, 2.24) is 29.3 Å². The lowest BCUT2D eigenvalue weighted by Gasteiger charge is -2.34. The van der Waals surface area contributed by atoms with Crippen molar-refractivity contribution in [3.63, 3.8) is 0 Å². The van der Waals surface area contributed by atoms with Crippen molar-refractivity contribution < 1.29 is 4.74 Å². The van der Waals surface area contributed by atoms with Crippen molar-refractivity contribution >= 4 is 82.3 Å². The Balaban J connectivity index is 1.07. The highest BCUT2D eigenvalue weighted by molar-refractivity contribution is 8.43. The Kier molecular flexibility index (Phi) is 10.2. The minimum Gasteiger partial charge on any atom is -0.370 e. The van der Waals surface area contributed by atoms with Gasteiger partial charge in [0.2, 0.25) is 0 Å². The van der Waals surface area contributed by atoms with Crippen molar-refractivity contribution in [1.29, 1.82) is 0 Å². The van der Waals surface area contributed by atoms with Crippen LogP contribution in [0.5, 0.6) is 0 Å². The molecule has 0 bridgehead atoms. The van der Waals surface area contributed by atoms with Crippen LogP contribution in [0.1, 0.15) is 18.1 Å². The van der Waals surface area contributed by atoms with E-state index in [1.807, 2.05) is 133 Å². The Labute approximate surface area is 275 Å². The van der Waals surface area contributed by atoms with Gasteiger partial charge in [-0.1, -0.05) is 71.3 Å². The lowest BCUT2D eigenvalue weighted by atomic mass is 10.2. The molecule has 0 atom stereocenters. The number of rotatable bonds is 12. The van der Waals surface area contributed by atoms with Crippen molar-refractivity contribution in [2.75, 3.05) is 19.1 Å². The van der Waals surface area contributed by atoms with Gasteiger partial charge in [-0.2, -0.15) is 15.3 Å². The Morgan fingerprint density at radius 2 is 1.21 bits per heavy atom. The molecule has 0 saturated carbocycles. The number of hydrogen-bond donors (Lipinski definition) is 0. The van der Waals surface area contributed by atoms with Gasteiger partial charge in [-0.25, -0.2) is 14.0 Å². The fourth-order valence-electron chi connectivity index (χ4n) is 4.32. The summed E-state index contributed by atoms with van der Waals surface area (Å²) in [5.74, 6) is 0.0406. The molecule has 4 aromatic rings. The first-order valence-electron chi connectivity index (χ1n) is 12.9. The van der Waals surface area contributed by atoms with Gasteiger partial charge in [-0.3, -0.25) is 0 Å². The highest BCUT2D eigenvalue weighted by atomic mass is 32.3. The highest BCUT2D eigenvalue weighted by Gasteiger charge is 2.39. The molecule has 2 aliphatic heterocycles. The molecule has 3 aromatic heterocycles. The van der Waals surface area contributed by atoms with Crippen LogP contribution in [0.4, 0.5) is 0 Å². The zero-order valence-corrected chi connectivity index (χ0v) is 28.8. The normalized spacial score (nSPS) is 16.0. The fourth-order valence-corrected chi connectivity index (χ4v) is 13.7. The number of thioether (sulfide) groups is 7. The first-order chi connectivity index (χ1) is 20.6. The van der Waals surface area contributed by atoms with E-state index in [4.69, 9.17) is 4.74 Å². The van der Waals surface area contributed by atoms with Crippen LogP contribution in [0.2, 0.25) is 0 Å². The molecule has 2 aliphatic rings. The molecule has 14 heteroatoms.